The van der Waals surface area contributed by atoms with Crippen molar-refractivity contribution in [2.45, 2.75) is 51.4 Å². The number of nitrogens with one attached hydrogen (secondary N) is 1. The largest absolute Gasteiger partial charge is 0.481 e. The quantitative estimate of drug-likeness (QED) is 0.660. The fourth-order valence-corrected chi connectivity index (χ4v) is 2.95. The van der Waals surface area contributed by atoms with Gasteiger partial charge in [0.25, 0.3) is 0 Å². The Morgan fingerprint density at radius 1 is 1.24 bits per heavy atom. The number of hydrogen-bond acceptors (Lipinski definition) is 6. The summed E-state index contributed by atoms with van der Waals surface area (Å²) in [6.45, 7) is 5.08. The normalized spacial score (nSPS) is 13.6. The van der Waals surface area contributed by atoms with E-state index in [9.17, 15) is 14.2 Å². The average molecular weight is 325 g/mol. The van der Waals surface area contributed by atoms with E-state index in [1.165, 1.54) is 14.2 Å². The molecule has 1 unspecified atom stereocenters. The summed E-state index contributed by atoms with van der Waals surface area (Å²) in [7, 11) is -1.18. The van der Waals surface area contributed by atoms with Gasteiger partial charge in [0.2, 0.25) is 0 Å². The molecule has 0 aliphatic rings. The van der Waals surface area contributed by atoms with Crippen LogP contribution in [-0.4, -0.2) is 42.8 Å². The van der Waals surface area contributed by atoms with Crippen molar-refractivity contribution in [2.75, 3.05) is 14.2 Å². The Hall–Kier alpha value is -1.11. The van der Waals surface area contributed by atoms with E-state index in [1.807, 2.05) is 0 Å². The molecular weight excluding hydrogens is 301 g/mol. The van der Waals surface area contributed by atoms with Crippen molar-refractivity contribution in [2.24, 2.45) is 0 Å². The van der Waals surface area contributed by atoms with E-state index in [4.69, 9.17) is 18.9 Å². The van der Waals surface area contributed by atoms with Gasteiger partial charge in [-0.25, -0.2) is 4.79 Å². The molecule has 9 heteroatoms. The summed E-state index contributed by atoms with van der Waals surface area (Å²) in [5.74, 6) is -1.95. The maximum atomic E-state index is 12.4. The van der Waals surface area contributed by atoms with Crippen LogP contribution in [0.3, 0.4) is 0 Å². The maximum absolute atomic E-state index is 12.4. The number of ether oxygens (including phenoxy) is 1. The smallest absolute Gasteiger partial charge is 0.408 e. The Morgan fingerprint density at radius 2 is 1.76 bits per heavy atom. The molecule has 2 N–H and O–H groups in total. The van der Waals surface area contributed by atoms with Gasteiger partial charge in [0.05, 0.1) is 0 Å². The second kappa shape index (κ2) is 8.36. The van der Waals surface area contributed by atoms with Crippen LogP contribution in [0.5, 0.6) is 0 Å². The molecule has 0 aromatic carbocycles. The lowest BCUT2D eigenvalue weighted by molar-refractivity contribution is -0.137. The fourth-order valence-electron chi connectivity index (χ4n) is 1.53. The number of hydrogen-bond donors (Lipinski definition) is 2. The monoisotopic (exact) mass is 325 g/mol. The van der Waals surface area contributed by atoms with Crippen LogP contribution in [0.1, 0.15) is 40.0 Å². The molecule has 0 rings (SSSR count). The van der Waals surface area contributed by atoms with Crippen LogP contribution < -0.4 is 5.32 Å². The Morgan fingerprint density at radius 3 is 2.14 bits per heavy atom. The molecule has 0 aliphatic heterocycles. The van der Waals surface area contributed by atoms with Crippen LogP contribution in [-0.2, 0) is 23.1 Å². The van der Waals surface area contributed by atoms with E-state index in [0.717, 1.165) is 0 Å². The molecule has 1 atom stereocenters. The van der Waals surface area contributed by atoms with Gasteiger partial charge in [-0.05, 0) is 33.6 Å². The number of carboxylic acid groups (broad SMARTS) is 1. The van der Waals surface area contributed by atoms with Crippen molar-refractivity contribution in [1.82, 2.24) is 5.32 Å². The van der Waals surface area contributed by atoms with Gasteiger partial charge in [0.15, 0.2) is 0 Å². The third-order valence-electron chi connectivity index (χ3n) is 2.44. The highest BCUT2D eigenvalue weighted by atomic mass is 31.2. The first-order chi connectivity index (χ1) is 9.54. The van der Waals surface area contributed by atoms with Crippen LogP contribution in [0.2, 0.25) is 0 Å². The van der Waals surface area contributed by atoms with E-state index in [2.05, 4.69) is 5.32 Å². The van der Waals surface area contributed by atoms with Crippen molar-refractivity contribution < 1.29 is 33.0 Å². The lowest BCUT2D eigenvalue weighted by Gasteiger charge is -2.27. The number of alkyl carbamates (subject to hydrolysis) is 1. The fraction of sp³-hybridized carbons (Fsp3) is 0.833. The van der Waals surface area contributed by atoms with Crippen LogP contribution in [0, 0.1) is 0 Å². The minimum atomic E-state index is -3.58. The van der Waals surface area contributed by atoms with Gasteiger partial charge in [0, 0.05) is 20.6 Å². The SMILES string of the molecule is COP(=O)(OC)C(CCCC(=O)O)NC(=O)OC(C)(C)C. The van der Waals surface area contributed by atoms with Crippen LogP contribution in [0.25, 0.3) is 0 Å². The Balaban J connectivity index is 4.84. The first kappa shape index (κ1) is 19.9. The Bertz CT molecular complexity index is 397. The molecule has 0 aromatic heterocycles. The predicted molar refractivity (Wildman–Crippen MR) is 76.3 cm³/mol. The van der Waals surface area contributed by atoms with E-state index < -0.39 is 31.0 Å². The maximum Gasteiger partial charge on any atom is 0.408 e. The van der Waals surface area contributed by atoms with Crippen molar-refractivity contribution in [1.29, 1.82) is 0 Å². The van der Waals surface area contributed by atoms with Crippen LogP contribution in [0.15, 0.2) is 0 Å². The zero-order valence-corrected chi connectivity index (χ0v) is 13.9. The topological polar surface area (TPSA) is 111 Å². The number of carbonyl (C=O) groups excluding carboxylic acids is 1. The highest BCUT2D eigenvalue weighted by Gasteiger charge is 2.36. The molecule has 0 spiro atoms. The zero-order chi connectivity index (χ0) is 16.7. The van der Waals surface area contributed by atoms with Gasteiger partial charge < -0.3 is 24.2 Å². The van der Waals surface area contributed by atoms with E-state index in [0.29, 0.717) is 0 Å². The summed E-state index contributed by atoms with van der Waals surface area (Å²) in [5.41, 5.74) is -0.709. The lowest BCUT2D eigenvalue weighted by Crippen LogP contribution is -2.39. The number of carbonyl (C=O) groups is 2. The number of rotatable bonds is 8. The summed E-state index contributed by atoms with van der Waals surface area (Å²) in [6.07, 6.45) is -0.533. The lowest BCUT2D eigenvalue weighted by atomic mass is 10.2. The molecule has 0 heterocycles. The summed E-state index contributed by atoms with van der Waals surface area (Å²) >= 11 is 0. The van der Waals surface area contributed by atoms with Crippen molar-refractivity contribution in [3.05, 3.63) is 0 Å². The van der Waals surface area contributed by atoms with Gasteiger partial charge in [-0.2, -0.15) is 0 Å². The van der Waals surface area contributed by atoms with Crippen molar-refractivity contribution in [3.63, 3.8) is 0 Å². The van der Waals surface area contributed by atoms with Gasteiger partial charge in [0.1, 0.15) is 11.4 Å². The highest BCUT2D eigenvalue weighted by Crippen LogP contribution is 2.52. The second-order valence-corrected chi connectivity index (χ2v) is 7.79. The average Bonchev–Trinajstić information content (AvgIpc) is 2.34. The van der Waals surface area contributed by atoms with E-state index >= 15 is 0 Å². The van der Waals surface area contributed by atoms with E-state index in [1.54, 1.807) is 20.8 Å². The first-order valence-corrected chi connectivity index (χ1v) is 8.07. The zero-order valence-electron chi connectivity index (χ0n) is 13.0. The predicted octanol–water partition coefficient (Wildman–Crippen LogP) is 2.58. The van der Waals surface area contributed by atoms with Gasteiger partial charge in [-0.1, -0.05) is 0 Å². The Labute approximate surface area is 124 Å². The molecule has 0 fully saturated rings. The number of carboxylic acids is 1. The van der Waals surface area contributed by atoms with Crippen molar-refractivity contribution in [3.8, 4) is 0 Å². The number of amides is 1. The molecule has 0 bridgehead atoms. The summed E-state index contributed by atoms with van der Waals surface area (Å²) in [4.78, 5) is 22.3. The second-order valence-electron chi connectivity index (χ2n) is 5.35. The highest BCUT2D eigenvalue weighted by molar-refractivity contribution is 7.54. The molecule has 0 saturated heterocycles. The summed E-state index contributed by atoms with van der Waals surface area (Å²) in [5, 5.41) is 11.1. The minimum Gasteiger partial charge on any atom is -0.481 e. The third kappa shape index (κ3) is 8.04. The van der Waals surface area contributed by atoms with E-state index in [-0.39, 0.29) is 19.3 Å². The molecule has 0 aromatic rings. The summed E-state index contributed by atoms with van der Waals surface area (Å²) < 4.78 is 27.2. The van der Waals surface area contributed by atoms with Crippen molar-refractivity contribution >= 4 is 19.7 Å². The van der Waals surface area contributed by atoms with Crippen LogP contribution >= 0.6 is 7.60 Å². The molecule has 0 radical (unpaired) electrons. The summed E-state index contributed by atoms with van der Waals surface area (Å²) in [6, 6.07) is 0. The standard InChI is InChI=1S/C12H24NO7P/c1-12(2,3)20-11(16)13-9(7-6-8-10(14)15)21(17,18-4)19-5/h9H,6-8H2,1-5H3,(H,13,16)(H,14,15). The third-order valence-corrected chi connectivity index (χ3v) is 4.61. The van der Waals surface area contributed by atoms with Gasteiger partial charge in [-0.3, -0.25) is 9.36 Å². The Kier molecular flexibility index (Phi) is 7.92. The van der Waals surface area contributed by atoms with Gasteiger partial charge >= 0.3 is 19.7 Å². The molecule has 8 nitrogen and oxygen atoms in total. The molecule has 21 heavy (non-hydrogen) atoms. The molecule has 0 saturated carbocycles. The van der Waals surface area contributed by atoms with Gasteiger partial charge in [-0.15, -0.1) is 0 Å². The minimum absolute atomic E-state index is 0.111. The van der Waals surface area contributed by atoms with Crippen LogP contribution in [0.4, 0.5) is 4.79 Å². The molecule has 124 valence electrons. The first-order valence-electron chi connectivity index (χ1n) is 6.46. The molecule has 0 aliphatic carbocycles. The molecule has 1 amide bonds. The number of aliphatic carboxylic acids is 1. The molecular formula is C12H24NO7P.